The number of rotatable bonds is 34. The number of amides is 4. The van der Waals surface area contributed by atoms with Crippen LogP contribution in [0.25, 0.3) is 0 Å². The van der Waals surface area contributed by atoms with E-state index in [1.165, 1.54) is 0 Å². The molecule has 4 amide bonds. The van der Waals surface area contributed by atoms with Crippen molar-refractivity contribution in [3.63, 3.8) is 0 Å². The van der Waals surface area contributed by atoms with E-state index in [1.54, 1.807) is 13.8 Å². The maximum Gasteiger partial charge on any atom is 0.364 e. The summed E-state index contributed by atoms with van der Waals surface area (Å²) in [5.41, 5.74) is 0. The van der Waals surface area contributed by atoms with Crippen LogP contribution in [0.15, 0.2) is 0 Å². The Morgan fingerprint density at radius 1 is 0.366 bits per heavy atom. The summed E-state index contributed by atoms with van der Waals surface area (Å²) >= 11 is 0. The van der Waals surface area contributed by atoms with E-state index >= 15 is 0 Å². The third-order valence-corrected chi connectivity index (χ3v) is 23.6. The first-order valence-corrected chi connectivity index (χ1v) is 39.7. The van der Waals surface area contributed by atoms with Gasteiger partial charge in [-0.15, -0.1) is 0 Å². The minimum atomic E-state index is -3.27. The summed E-state index contributed by atoms with van der Waals surface area (Å²) in [6.45, 7) is 1.88. The molecule has 9 saturated heterocycles. The van der Waals surface area contributed by atoms with Gasteiger partial charge in [0, 0.05) is 46.5 Å². The first-order valence-electron chi connectivity index (χ1n) is 39.7. The third kappa shape index (κ3) is 22.5. The van der Waals surface area contributed by atoms with Crippen molar-refractivity contribution in [2.24, 2.45) is 17.8 Å². The number of ether oxygens (including phenoxy) is 17. The number of hydrogen-bond acceptors (Lipinski definition) is 46. The van der Waals surface area contributed by atoms with Crippen molar-refractivity contribution in [1.82, 2.24) is 21.3 Å². The second-order valence-electron chi connectivity index (χ2n) is 32.1. The fourth-order valence-electron chi connectivity index (χ4n) is 16.4. The molecule has 0 radical (unpaired) electrons. The lowest BCUT2D eigenvalue weighted by Gasteiger charge is -2.53. The van der Waals surface area contributed by atoms with Gasteiger partial charge in [0.15, 0.2) is 44.0 Å². The minimum absolute atomic E-state index is 0.143. The van der Waals surface area contributed by atoms with E-state index in [2.05, 4.69) is 21.3 Å². The lowest BCUT2D eigenvalue weighted by Crippen LogP contribution is -2.72. The zero-order valence-electron chi connectivity index (χ0n) is 67.6. The molecule has 123 heavy (non-hydrogen) atoms. The highest BCUT2D eigenvalue weighted by molar-refractivity contribution is 5.78. The van der Waals surface area contributed by atoms with Gasteiger partial charge in [-0.25, -0.2) is 9.59 Å². The Morgan fingerprint density at radius 2 is 0.780 bits per heavy atom. The average molecular weight is 1800 g/mol. The van der Waals surface area contributed by atoms with Gasteiger partial charge < -0.3 is 229 Å². The smallest absolute Gasteiger partial charge is 0.364 e. The van der Waals surface area contributed by atoms with E-state index < -0.39 is 376 Å². The van der Waals surface area contributed by atoms with Crippen LogP contribution in [0.4, 0.5) is 0 Å². The van der Waals surface area contributed by atoms with Crippen LogP contribution in [0, 0.1) is 17.8 Å². The first kappa shape index (κ1) is 102. The summed E-state index contributed by atoms with van der Waals surface area (Å²) in [6, 6.07) is -7.11. The average Bonchev–Trinajstić information content (AvgIpc) is 0.767. The van der Waals surface area contributed by atoms with Gasteiger partial charge in [0.05, 0.1) is 83.3 Å². The molecule has 0 saturated carbocycles. The molecule has 52 heteroatoms. The van der Waals surface area contributed by atoms with E-state index in [9.17, 15) is 156 Å². The predicted molar refractivity (Wildman–Crippen MR) is 386 cm³/mol. The molecule has 1 unspecified atom stereocenters. The number of aliphatic hydroxyl groups is 23. The normalized spacial score (nSPS) is 46.6. The van der Waals surface area contributed by atoms with Gasteiger partial charge in [-0.05, 0) is 18.8 Å². The largest absolute Gasteiger partial charge is 0.477 e. The van der Waals surface area contributed by atoms with Gasteiger partial charge in [0.25, 0.3) is 11.6 Å². The monoisotopic (exact) mass is 1790 g/mol. The molecule has 0 spiro atoms. The minimum Gasteiger partial charge on any atom is -0.477 e. The van der Waals surface area contributed by atoms with Crippen molar-refractivity contribution in [1.29, 1.82) is 0 Å². The predicted octanol–water partition coefficient (Wildman–Crippen LogP) is -16.8. The van der Waals surface area contributed by atoms with Crippen LogP contribution in [0.1, 0.15) is 68.2 Å². The molecule has 9 heterocycles. The molecular formula is C71H118N4O48. The molecule has 9 rings (SSSR count). The van der Waals surface area contributed by atoms with Gasteiger partial charge >= 0.3 is 11.9 Å². The Kier molecular flexibility index (Phi) is 35.9. The van der Waals surface area contributed by atoms with E-state index in [0.29, 0.717) is 0 Å². The van der Waals surface area contributed by atoms with Crippen LogP contribution in [-0.4, -0.2) is 485 Å². The van der Waals surface area contributed by atoms with Crippen molar-refractivity contribution in [2.45, 2.75) is 337 Å². The lowest BCUT2D eigenvalue weighted by molar-refractivity contribution is -0.397. The van der Waals surface area contributed by atoms with Gasteiger partial charge in [-0.3, -0.25) is 19.2 Å². The van der Waals surface area contributed by atoms with E-state index in [0.717, 1.165) is 27.7 Å². The van der Waals surface area contributed by atoms with Gasteiger partial charge in [-0.1, -0.05) is 20.8 Å². The Labute approximate surface area is 699 Å². The van der Waals surface area contributed by atoms with Crippen LogP contribution in [0.3, 0.4) is 0 Å². The van der Waals surface area contributed by atoms with Crippen molar-refractivity contribution in [3.05, 3.63) is 0 Å². The molecule has 710 valence electrons. The number of aliphatic hydroxyl groups excluding tert-OH is 23. The highest BCUT2D eigenvalue weighted by Gasteiger charge is 2.64. The molecule has 9 aliphatic rings. The van der Waals surface area contributed by atoms with Crippen molar-refractivity contribution < 1.29 is 237 Å². The topological polar surface area (TPSA) is 813 Å². The van der Waals surface area contributed by atoms with Crippen LogP contribution >= 0.6 is 0 Å². The fourth-order valence-corrected chi connectivity index (χ4v) is 16.4. The molecule has 0 aromatic rings. The Morgan fingerprint density at radius 3 is 1.28 bits per heavy atom. The van der Waals surface area contributed by atoms with Crippen LogP contribution in [0.2, 0.25) is 0 Å². The zero-order valence-corrected chi connectivity index (χ0v) is 67.6. The van der Waals surface area contributed by atoms with Crippen molar-refractivity contribution in [3.8, 4) is 0 Å². The quantitative estimate of drug-likeness (QED) is 0.0284. The number of carboxylic acids is 2. The standard InChI is InChI=1S/C71H118N4O48/c1-19-20(2)22(4)109-62(21(19)3)119-58-40(75-26(8)85)64(114-34(16-81)55(58)118-67-52(101)60(45(94)32(14-79)112-67)123-71(69(105)106)10-28(87)38(73-24(6)83)57(122-71)42(91)30(89)12-77)120-59-44(93)31(13-78)111-66(51(59)100)117-54-36(110-61(102)49(98)48(54)97)17-107-63-39(74-25(7)84)46(95)53(33(15-80)113-63)116-65-50(99)47(96)43(92)35(115-65)18-108-70(68(103)104)9-27(86)37(72-23(5)82)56(121-70)41(90)29(88)11-76/h19-22,27-67,76-81,86-102H,9-18H2,1-8H3,(H,72,82)(H,73,83)(H,74,84)(H,75,85)(H,103,104)(H,105,106)/t19-,20+,21+,22+,27+,28+,29-,30-,31-,32-,33-,34-,35-,36-,37-,38-,39-,40-,41-,42-,43+,44+,45+,46-,47+,48-,49-,50-,51-,52-,53-,54-,55-,56-,57-,58-,59+,60+,61?,62-,63-,64+,65+,66+,67+,70-,71+/m1/s1. The lowest BCUT2D eigenvalue weighted by atomic mass is 9.79. The number of carboxylic acid groups (broad SMARTS) is 2. The molecule has 0 aromatic heterocycles. The van der Waals surface area contributed by atoms with Gasteiger partial charge in [0.2, 0.25) is 23.6 Å². The highest BCUT2D eigenvalue weighted by Crippen LogP contribution is 2.44. The summed E-state index contributed by atoms with van der Waals surface area (Å²) in [5, 5.41) is 287. The van der Waals surface area contributed by atoms with Crippen LogP contribution in [-0.2, 0) is 109 Å². The van der Waals surface area contributed by atoms with Crippen molar-refractivity contribution in [2.75, 3.05) is 52.9 Å². The number of aliphatic carboxylic acids is 2. The third-order valence-electron chi connectivity index (χ3n) is 23.6. The second kappa shape index (κ2) is 43.3. The van der Waals surface area contributed by atoms with Gasteiger partial charge in [0.1, 0.15) is 183 Å². The van der Waals surface area contributed by atoms with Gasteiger partial charge in [-0.2, -0.15) is 0 Å². The molecule has 9 fully saturated rings. The molecule has 0 aliphatic carbocycles. The molecule has 47 atom stereocenters. The van der Waals surface area contributed by atoms with E-state index in [1.807, 2.05) is 13.8 Å². The summed E-state index contributed by atoms with van der Waals surface area (Å²) < 4.78 is 102. The number of nitrogens with one attached hydrogen (secondary N) is 4. The molecule has 9 aliphatic heterocycles. The number of hydrogen-bond donors (Lipinski definition) is 29. The maximum atomic E-state index is 13.6. The summed E-state index contributed by atoms with van der Waals surface area (Å²) in [6.07, 6.45) is -81.4. The number of carbonyl (C=O) groups excluding carboxylic acids is 4. The Bertz CT molecular complexity index is 3430. The van der Waals surface area contributed by atoms with Crippen LogP contribution in [0.5, 0.6) is 0 Å². The second-order valence-corrected chi connectivity index (χ2v) is 32.1. The van der Waals surface area contributed by atoms with E-state index in [4.69, 9.17) is 80.5 Å². The Hall–Kier alpha value is -4.78. The van der Waals surface area contributed by atoms with Crippen molar-refractivity contribution >= 4 is 35.6 Å². The molecule has 0 bridgehead atoms. The summed E-state index contributed by atoms with van der Waals surface area (Å²) in [4.78, 5) is 77.4. The SMILES string of the molecule is CC(=O)N[C@H]1[C@H](OC[C@H]2OC(O)[C@H](O)[C@@H](O)[C@@H]2O[C@@H]2O[C@H](CO)[C@H](O)[C@H](O[C@@H]3O[C@H](CO)[C@@H](O[C@@H]4O[C@H](CO)[C@H](O)[C@H](O[C@]5(C(=O)O)C[C@H](O)[C@@H](NC(C)=O)[C@H]([C@H](O)[C@H](O)CO)O5)[C@H]4O)[C@H](O[C@H]4O[C@@H](C)[C@@H](C)[C@@H](C)[C@@H]4C)[C@H]3NC(C)=O)[C@H]2O)O[C@H](CO)[C@@H](O[C@@H]2O[C@H](CO[C@]3(C(=O)O)C[C@H](O)[C@@H](NC(C)=O)[C@H]([C@H](O)[C@H](O)CO)O3)[C@H](O)[C@H](O)[C@H]2O)[C@@H]1O. The highest BCUT2D eigenvalue weighted by atomic mass is 16.8. The number of carbonyl (C=O) groups is 6. The fraction of sp³-hybridized carbons (Fsp3) is 0.915. The summed E-state index contributed by atoms with van der Waals surface area (Å²) in [5.74, 6) is -14.9. The molecule has 52 nitrogen and oxygen atoms in total. The Balaban J connectivity index is 0.957. The molecular weight excluding hydrogens is 1680 g/mol. The molecule has 29 N–H and O–H groups in total. The molecule has 0 aromatic carbocycles. The summed E-state index contributed by atoms with van der Waals surface area (Å²) in [7, 11) is 0. The van der Waals surface area contributed by atoms with Crippen LogP contribution < -0.4 is 21.3 Å². The zero-order chi connectivity index (χ0) is 91.4. The van der Waals surface area contributed by atoms with E-state index in [-0.39, 0.29) is 11.8 Å². The first-order chi connectivity index (χ1) is 57.8. The maximum absolute atomic E-state index is 13.6.